The van der Waals surface area contributed by atoms with Gasteiger partial charge in [0.15, 0.2) is 11.5 Å². The van der Waals surface area contributed by atoms with Crippen molar-refractivity contribution < 1.29 is 23.5 Å². The predicted octanol–water partition coefficient (Wildman–Crippen LogP) is 4.94. The van der Waals surface area contributed by atoms with Gasteiger partial charge in [-0.25, -0.2) is 4.39 Å². The number of hydrogen-bond acceptors (Lipinski definition) is 5. The number of rotatable bonds is 5. The van der Waals surface area contributed by atoms with Crippen LogP contribution in [0, 0.1) is 5.82 Å². The van der Waals surface area contributed by atoms with Crippen LogP contribution in [0.25, 0.3) is 10.9 Å². The van der Waals surface area contributed by atoms with E-state index in [1.807, 2.05) is 30.3 Å². The minimum Gasteiger partial charge on any atom is -0.493 e. The predicted molar refractivity (Wildman–Crippen MR) is 134 cm³/mol. The lowest BCUT2D eigenvalue weighted by Gasteiger charge is -2.40. The molecule has 0 bridgehead atoms. The molecule has 0 aliphatic carbocycles. The molecule has 3 aromatic carbocycles. The van der Waals surface area contributed by atoms with E-state index in [4.69, 9.17) is 9.47 Å². The summed E-state index contributed by atoms with van der Waals surface area (Å²) >= 11 is 0. The Bertz CT molecular complexity index is 1490. The number of nitrogens with one attached hydrogen (secondary N) is 1. The largest absolute Gasteiger partial charge is 0.493 e. The number of pyridine rings is 1. The molecule has 0 saturated heterocycles. The molecule has 4 aromatic rings. The standard InChI is InChI=1S/C28H24FN3O4/c1-32-26(18-9-5-6-10-21(18)29)25(19-13-23(35-2)24(36-3)14-20(19)28(32)34)27(33)31-17-12-16-8-4-7-11-22(16)30-15-17/h4-15,25-26H,1-3H3,(H,31,33)/t25-,26+/m1/s1. The molecule has 2 heterocycles. The van der Waals surface area contributed by atoms with Crippen molar-refractivity contribution in [3.8, 4) is 11.5 Å². The zero-order valence-electron chi connectivity index (χ0n) is 20.0. The van der Waals surface area contributed by atoms with E-state index in [1.54, 1.807) is 43.6 Å². The van der Waals surface area contributed by atoms with E-state index < -0.39 is 23.7 Å². The lowest BCUT2D eigenvalue weighted by molar-refractivity contribution is -0.119. The van der Waals surface area contributed by atoms with Crippen molar-refractivity contribution in [3.05, 3.63) is 95.4 Å². The van der Waals surface area contributed by atoms with Crippen LogP contribution in [0.15, 0.2) is 72.9 Å². The Labute approximate surface area is 207 Å². The molecule has 7 nitrogen and oxygen atoms in total. The normalized spacial score (nSPS) is 17.0. The number of carbonyl (C=O) groups is 2. The third-order valence-corrected chi connectivity index (χ3v) is 6.54. The minimum atomic E-state index is -0.939. The number of anilines is 1. The van der Waals surface area contributed by atoms with Gasteiger partial charge in [0.1, 0.15) is 5.82 Å². The Morgan fingerprint density at radius 1 is 0.972 bits per heavy atom. The maximum Gasteiger partial charge on any atom is 0.254 e. The van der Waals surface area contributed by atoms with Gasteiger partial charge in [-0.1, -0.05) is 36.4 Å². The van der Waals surface area contributed by atoms with E-state index in [0.717, 1.165) is 10.9 Å². The first-order chi connectivity index (χ1) is 17.4. The van der Waals surface area contributed by atoms with Crippen LogP contribution in [-0.4, -0.2) is 43.0 Å². The maximum atomic E-state index is 15.0. The van der Waals surface area contributed by atoms with Crippen molar-refractivity contribution in [2.75, 3.05) is 26.6 Å². The second kappa shape index (κ2) is 9.30. The van der Waals surface area contributed by atoms with Crippen LogP contribution in [-0.2, 0) is 4.79 Å². The summed E-state index contributed by atoms with van der Waals surface area (Å²) in [5, 5.41) is 3.80. The molecule has 1 aliphatic heterocycles. The highest BCUT2D eigenvalue weighted by Gasteiger charge is 2.44. The lowest BCUT2D eigenvalue weighted by atomic mass is 9.79. The van der Waals surface area contributed by atoms with Crippen LogP contribution in [0.1, 0.15) is 33.4 Å². The van der Waals surface area contributed by atoms with Crippen LogP contribution >= 0.6 is 0 Å². The van der Waals surface area contributed by atoms with Crippen molar-refractivity contribution in [2.24, 2.45) is 0 Å². The van der Waals surface area contributed by atoms with E-state index in [0.29, 0.717) is 28.3 Å². The van der Waals surface area contributed by atoms with Gasteiger partial charge in [-0.2, -0.15) is 0 Å². The number of para-hydroxylation sites is 1. The van der Waals surface area contributed by atoms with E-state index in [-0.39, 0.29) is 11.5 Å². The fraction of sp³-hybridized carbons (Fsp3) is 0.179. The van der Waals surface area contributed by atoms with Gasteiger partial charge in [0, 0.05) is 23.6 Å². The summed E-state index contributed by atoms with van der Waals surface area (Å²) in [5.41, 5.74) is 2.25. The molecule has 0 fully saturated rings. The summed E-state index contributed by atoms with van der Waals surface area (Å²) in [6, 6.07) is 17.8. The fourth-order valence-electron chi connectivity index (χ4n) is 4.79. The number of likely N-dealkylation sites (N-methyl/N-ethyl adjacent to an activating group) is 1. The zero-order valence-corrected chi connectivity index (χ0v) is 20.0. The summed E-state index contributed by atoms with van der Waals surface area (Å²) in [6.45, 7) is 0. The molecule has 1 aliphatic rings. The third-order valence-electron chi connectivity index (χ3n) is 6.54. The Morgan fingerprint density at radius 3 is 2.42 bits per heavy atom. The molecule has 0 radical (unpaired) electrons. The highest BCUT2D eigenvalue weighted by Crippen LogP contribution is 2.46. The molecule has 2 amide bonds. The summed E-state index contributed by atoms with van der Waals surface area (Å²) in [7, 11) is 4.52. The number of hydrogen-bond donors (Lipinski definition) is 1. The molecular formula is C28H24FN3O4. The summed E-state index contributed by atoms with van der Waals surface area (Å²) in [4.78, 5) is 33.1. The SMILES string of the molecule is COc1cc2c(cc1OC)[C@@H](C(=O)Nc1cnc3ccccc3c1)[C@H](c1ccccc1F)N(C)C2=O. The van der Waals surface area contributed by atoms with Crippen LogP contribution in [0.3, 0.4) is 0 Å². The Balaban J connectivity index is 1.65. The Morgan fingerprint density at radius 2 is 1.67 bits per heavy atom. The number of ether oxygens (including phenoxy) is 2. The average molecular weight is 486 g/mol. The number of aromatic nitrogens is 1. The molecule has 1 N–H and O–H groups in total. The molecule has 8 heteroatoms. The van der Waals surface area contributed by atoms with Gasteiger partial charge in [-0.3, -0.25) is 14.6 Å². The number of amides is 2. The number of halogens is 1. The molecule has 0 saturated carbocycles. The Kier molecular flexibility index (Phi) is 6.01. The van der Waals surface area contributed by atoms with Crippen molar-refractivity contribution in [1.82, 2.24) is 9.88 Å². The van der Waals surface area contributed by atoms with Crippen molar-refractivity contribution in [1.29, 1.82) is 0 Å². The number of nitrogens with zero attached hydrogens (tertiary/aromatic N) is 2. The monoisotopic (exact) mass is 485 g/mol. The third kappa shape index (κ3) is 3.90. The summed E-state index contributed by atoms with van der Waals surface area (Å²) in [6.07, 6.45) is 1.57. The van der Waals surface area contributed by atoms with Crippen LogP contribution in [0.5, 0.6) is 11.5 Å². The second-order valence-electron chi connectivity index (χ2n) is 8.56. The van der Waals surface area contributed by atoms with E-state index >= 15 is 4.39 Å². The van der Waals surface area contributed by atoms with Crippen LogP contribution < -0.4 is 14.8 Å². The topological polar surface area (TPSA) is 80.8 Å². The van der Waals surface area contributed by atoms with Gasteiger partial charge in [-0.05, 0) is 35.9 Å². The van der Waals surface area contributed by atoms with Gasteiger partial charge in [0.2, 0.25) is 5.91 Å². The quantitative estimate of drug-likeness (QED) is 0.433. The molecule has 0 spiro atoms. The van der Waals surface area contributed by atoms with Gasteiger partial charge < -0.3 is 19.7 Å². The van der Waals surface area contributed by atoms with Crippen LogP contribution in [0.2, 0.25) is 0 Å². The Hall–Kier alpha value is -4.46. The van der Waals surface area contributed by atoms with Gasteiger partial charge >= 0.3 is 0 Å². The molecule has 182 valence electrons. The maximum absolute atomic E-state index is 15.0. The molecule has 1 aromatic heterocycles. The highest BCUT2D eigenvalue weighted by molar-refractivity contribution is 6.05. The summed E-state index contributed by atoms with van der Waals surface area (Å²) in [5.74, 6) is -1.47. The smallest absolute Gasteiger partial charge is 0.254 e. The van der Waals surface area contributed by atoms with Crippen LogP contribution in [0.4, 0.5) is 10.1 Å². The van der Waals surface area contributed by atoms with Crippen molar-refractivity contribution >= 4 is 28.4 Å². The summed E-state index contributed by atoms with van der Waals surface area (Å²) < 4.78 is 25.9. The zero-order chi connectivity index (χ0) is 25.4. The van der Waals surface area contributed by atoms with E-state index in [1.165, 1.54) is 25.2 Å². The van der Waals surface area contributed by atoms with Crippen molar-refractivity contribution in [3.63, 3.8) is 0 Å². The first-order valence-corrected chi connectivity index (χ1v) is 11.4. The highest BCUT2D eigenvalue weighted by atomic mass is 19.1. The molecular weight excluding hydrogens is 461 g/mol. The van der Waals surface area contributed by atoms with E-state index in [2.05, 4.69) is 10.3 Å². The second-order valence-corrected chi connectivity index (χ2v) is 8.56. The molecule has 36 heavy (non-hydrogen) atoms. The molecule has 5 rings (SSSR count). The number of benzene rings is 3. The van der Waals surface area contributed by atoms with E-state index in [9.17, 15) is 9.59 Å². The average Bonchev–Trinajstić information content (AvgIpc) is 2.90. The van der Waals surface area contributed by atoms with Gasteiger partial charge in [0.05, 0.1) is 43.6 Å². The number of fused-ring (bicyclic) bond motifs is 2. The minimum absolute atomic E-state index is 0.241. The fourth-order valence-corrected chi connectivity index (χ4v) is 4.79. The molecule has 0 unspecified atom stereocenters. The first-order valence-electron chi connectivity index (χ1n) is 11.4. The van der Waals surface area contributed by atoms with Gasteiger partial charge in [0.25, 0.3) is 5.91 Å². The van der Waals surface area contributed by atoms with Crippen molar-refractivity contribution in [2.45, 2.75) is 12.0 Å². The lowest BCUT2D eigenvalue weighted by Crippen LogP contribution is -2.44. The molecule has 2 atom stereocenters. The van der Waals surface area contributed by atoms with Gasteiger partial charge in [-0.15, -0.1) is 0 Å². The number of carbonyl (C=O) groups excluding carboxylic acids is 2. The number of methoxy groups -OCH3 is 2. The first kappa shape index (κ1) is 23.3.